The van der Waals surface area contributed by atoms with E-state index in [-0.39, 0.29) is 0 Å². The molecule has 0 spiro atoms. The molecular formula is C12H8BClO3S. The van der Waals surface area contributed by atoms with Crippen LogP contribution in [0.3, 0.4) is 0 Å². The third-order valence-electron chi connectivity index (χ3n) is 2.91. The topological polar surface area (TPSA) is 46.5 Å². The summed E-state index contributed by atoms with van der Waals surface area (Å²) < 4.78 is 5.14. The second-order valence-corrected chi connectivity index (χ2v) is 5.37. The van der Waals surface area contributed by atoms with Crippen LogP contribution < -0.4 is 5.46 Å². The summed E-state index contributed by atoms with van der Waals surface area (Å²) in [5.41, 5.74) is 3.10. The number of hydrogen-bond acceptors (Lipinski definition) is 4. The molecule has 0 radical (unpaired) electrons. The minimum Gasteiger partial charge on any atom is -0.423 e. The van der Waals surface area contributed by atoms with Gasteiger partial charge in [-0.25, -0.2) is 0 Å². The van der Waals surface area contributed by atoms with Gasteiger partial charge in [0.25, 0.3) is 0 Å². The summed E-state index contributed by atoms with van der Waals surface area (Å²) in [5, 5.41) is 12.1. The van der Waals surface area contributed by atoms with Crippen molar-refractivity contribution < 1.29 is 14.5 Å². The van der Waals surface area contributed by atoms with Crippen molar-refractivity contribution >= 4 is 41.8 Å². The van der Waals surface area contributed by atoms with Gasteiger partial charge in [-0.05, 0) is 23.2 Å². The number of rotatable bonds is 2. The van der Waals surface area contributed by atoms with E-state index in [1.165, 1.54) is 11.3 Å². The molecule has 0 aliphatic carbocycles. The smallest absolute Gasteiger partial charge is 0.423 e. The number of hydrogen-bond donors (Lipinski definition) is 1. The normalized spacial score (nSPS) is 13.8. The van der Waals surface area contributed by atoms with Gasteiger partial charge in [0, 0.05) is 26.4 Å². The molecule has 0 bridgehead atoms. The average Bonchev–Trinajstić information content (AvgIpc) is 2.96. The third-order valence-corrected chi connectivity index (χ3v) is 4.21. The maximum atomic E-state index is 10.7. The Labute approximate surface area is 113 Å². The first-order chi connectivity index (χ1) is 8.69. The quantitative estimate of drug-likeness (QED) is 0.676. The molecule has 2 heterocycles. The minimum absolute atomic E-state index is 0.376. The largest absolute Gasteiger partial charge is 0.491 e. The molecule has 1 aliphatic heterocycles. The van der Waals surface area contributed by atoms with Crippen LogP contribution in [0, 0.1) is 0 Å². The Morgan fingerprint density at radius 2 is 2.28 bits per heavy atom. The zero-order valence-corrected chi connectivity index (χ0v) is 10.8. The molecule has 0 amide bonds. The van der Waals surface area contributed by atoms with Crippen LogP contribution in [0.2, 0.25) is 5.02 Å². The van der Waals surface area contributed by atoms with E-state index in [1.54, 1.807) is 11.4 Å². The van der Waals surface area contributed by atoms with Gasteiger partial charge in [0.05, 0.1) is 6.61 Å². The van der Waals surface area contributed by atoms with E-state index in [2.05, 4.69) is 0 Å². The third kappa shape index (κ3) is 1.89. The number of thiophene rings is 1. The second-order valence-electron chi connectivity index (χ2n) is 4.06. The number of carbonyl (C=O) groups excluding carboxylic acids is 1. The van der Waals surface area contributed by atoms with Crippen LogP contribution in [0.15, 0.2) is 23.6 Å². The van der Waals surface area contributed by atoms with Crippen molar-refractivity contribution in [3.05, 3.63) is 39.7 Å². The Kier molecular flexibility index (Phi) is 2.99. The summed E-state index contributed by atoms with van der Waals surface area (Å²) in [4.78, 5) is 11.6. The number of halogens is 1. The molecule has 18 heavy (non-hydrogen) atoms. The lowest BCUT2D eigenvalue weighted by atomic mass is 9.78. The van der Waals surface area contributed by atoms with Crippen molar-refractivity contribution in [2.75, 3.05) is 0 Å². The monoisotopic (exact) mass is 278 g/mol. The molecule has 0 saturated heterocycles. The molecule has 0 unspecified atom stereocenters. The van der Waals surface area contributed by atoms with E-state index >= 15 is 0 Å². The van der Waals surface area contributed by atoms with Gasteiger partial charge in [0.15, 0.2) is 6.29 Å². The highest BCUT2D eigenvalue weighted by atomic mass is 35.5. The Balaban J connectivity index is 2.12. The lowest BCUT2D eigenvalue weighted by Gasteiger charge is -2.05. The molecule has 3 rings (SSSR count). The highest BCUT2D eigenvalue weighted by molar-refractivity contribution is 7.14. The molecule has 0 saturated carbocycles. The fourth-order valence-corrected chi connectivity index (χ4v) is 3.22. The van der Waals surface area contributed by atoms with Crippen LogP contribution in [0.5, 0.6) is 0 Å². The van der Waals surface area contributed by atoms with Crippen LogP contribution in [0.4, 0.5) is 0 Å². The van der Waals surface area contributed by atoms with E-state index in [1.807, 2.05) is 12.1 Å². The molecule has 1 N–H and O–H groups in total. The molecule has 6 heteroatoms. The molecule has 90 valence electrons. The van der Waals surface area contributed by atoms with E-state index < -0.39 is 7.12 Å². The summed E-state index contributed by atoms with van der Waals surface area (Å²) in [5.74, 6) is 0. The van der Waals surface area contributed by atoms with E-state index in [0.29, 0.717) is 17.2 Å². The summed E-state index contributed by atoms with van der Waals surface area (Å²) in [6, 6.07) is 5.42. The predicted molar refractivity (Wildman–Crippen MR) is 72.5 cm³/mol. The fraction of sp³-hybridized carbons (Fsp3) is 0.0833. The summed E-state index contributed by atoms with van der Waals surface area (Å²) in [6.45, 7) is 0.376. The lowest BCUT2D eigenvalue weighted by Crippen LogP contribution is -2.28. The van der Waals surface area contributed by atoms with E-state index in [9.17, 15) is 9.82 Å². The lowest BCUT2D eigenvalue weighted by molar-refractivity contribution is 0.112. The first-order valence-electron chi connectivity index (χ1n) is 5.35. The van der Waals surface area contributed by atoms with Gasteiger partial charge in [-0.15, -0.1) is 11.3 Å². The van der Waals surface area contributed by atoms with Crippen molar-refractivity contribution in [2.45, 2.75) is 6.61 Å². The summed E-state index contributed by atoms with van der Waals surface area (Å²) in [6.07, 6.45) is 0.805. The van der Waals surface area contributed by atoms with Crippen LogP contribution in [0.25, 0.3) is 10.4 Å². The van der Waals surface area contributed by atoms with E-state index in [4.69, 9.17) is 16.3 Å². The zero-order valence-electron chi connectivity index (χ0n) is 9.22. The van der Waals surface area contributed by atoms with Gasteiger partial charge in [-0.2, -0.15) is 0 Å². The van der Waals surface area contributed by atoms with Crippen LogP contribution in [0.1, 0.15) is 15.9 Å². The number of fused-ring (bicyclic) bond motifs is 1. The van der Waals surface area contributed by atoms with Crippen LogP contribution >= 0.6 is 22.9 Å². The Morgan fingerprint density at radius 1 is 1.44 bits per heavy atom. The van der Waals surface area contributed by atoms with Crippen molar-refractivity contribution in [1.29, 1.82) is 0 Å². The zero-order chi connectivity index (χ0) is 12.7. The maximum Gasteiger partial charge on any atom is 0.491 e. The second kappa shape index (κ2) is 4.51. The van der Waals surface area contributed by atoms with Crippen molar-refractivity contribution in [1.82, 2.24) is 0 Å². The maximum absolute atomic E-state index is 10.7. The van der Waals surface area contributed by atoms with Crippen molar-refractivity contribution in [2.24, 2.45) is 0 Å². The molecule has 1 aromatic carbocycles. The highest BCUT2D eigenvalue weighted by Gasteiger charge is 2.28. The average molecular weight is 279 g/mol. The van der Waals surface area contributed by atoms with Crippen LogP contribution in [-0.2, 0) is 11.3 Å². The van der Waals surface area contributed by atoms with Gasteiger partial charge < -0.3 is 9.68 Å². The molecule has 0 fully saturated rings. The van der Waals surface area contributed by atoms with Gasteiger partial charge >= 0.3 is 7.12 Å². The molecule has 3 nitrogen and oxygen atoms in total. The minimum atomic E-state index is -0.887. The predicted octanol–water partition coefficient (Wildman–Crippen LogP) is 2.10. The van der Waals surface area contributed by atoms with Gasteiger partial charge in [0.1, 0.15) is 0 Å². The Bertz CT molecular complexity index is 626. The van der Waals surface area contributed by atoms with Crippen LogP contribution in [-0.4, -0.2) is 18.4 Å². The summed E-state index contributed by atoms with van der Waals surface area (Å²) in [7, 11) is -0.887. The molecule has 2 aromatic rings. The van der Waals surface area contributed by atoms with Gasteiger partial charge in [0.2, 0.25) is 0 Å². The molecule has 1 aromatic heterocycles. The Hall–Kier alpha value is -1.14. The van der Waals surface area contributed by atoms with E-state index in [0.717, 1.165) is 27.8 Å². The van der Waals surface area contributed by atoms with Gasteiger partial charge in [-0.3, -0.25) is 4.79 Å². The standard InChI is InChI=1S/C12H8BClO3S/c14-11-2-8-5-17-13(16)10(8)3-9(11)12-1-7(4-15)6-18-12/h1-4,6,16H,5H2. The highest BCUT2D eigenvalue weighted by Crippen LogP contribution is 2.33. The molecular weight excluding hydrogens is 270 g/mol. The first-order valence-corrected chi connectivity index (χ1v) is 6.61. The molecule has 1 aliphatic rings. The number of aldehydes is 1. The number of benzene rings is 1. The van der Waals surface area contributed by atoms with Gasteiger partial charge in [-0.1, -0.05) is 17.7 Å². The molecule has 0 atom stereocenters. The Morgan fingerprint density at radius 3 is 3.00 bits per heavy atom. The first kappa shape index (κ1) is 11.9. The van der Waals surface area contributed by atoms with Crippen molar-refractivity contribution in [3.63, 3.8) is 0 Å². The number of carbonyl (C=O) groups is 1. The summed E-state index contributed by atoms with van der Waals surface area (Å²) >= 11 is 7.67. The van der Waals surface area contributed by atoms with Crippen molar-refractivity contribution in [3.8, 4) is 10.4 Å². The SMILES string of the molecule is O=Cc1csc(-c2cc3c(cc2Cl)COB3O)c1. The fourth-order valence-electron chi connectivity index (χ4n) is 1.99.